The van der Waals surface area contributed by atoms with Gasteiger partial charge in [-0.2, -0.15) is 17.2 Å². The van der Waals surface area contributed by atoms with Crippen molar-refractivity contribution in [1.29, 1.82) is 0 Å². The lowest BCUT2D eigenvalue weighted by atomic mass is 9.68. The molecule has 0 radical (unpaired) electrons. The Morgan fingerprint density at radius 3 is 1.96 bits per heavy atom. The van der Waals surface area contributed by atoms with Gasteiger partial charge < -0.3 is 38.2 Å². The van der Waals surface area contributed by atoms with Crippen LogP contribution >= 0.6 is 23.2 Å². The summed E-state index contributed by atoms with van der Waals surface area (Å²) in [6.45, 7) is 12.6. The number of nitrogens with zero attached hydrogens (tertiary/aromatic N) is 3. The van der Waals surface area contributed by atoms with Crippen LogP contribution in [0, 0.1) is 23.3 Å². The lowest BCUT2D eigenvalue weighted by Crippen LogP contribution is -2.57. The number of halogens is 6. The number of nitrogens with one attached hydrogen (secondary N) is 1. The van der Waals surface area contributed by atoms with E-state index in [2.05, 4.69) is 46.8 Å². The molecule has 2 unspecified atom stereocenters. The Balaban J connectivity index is 0.881. The number of benzene rings is 4. The third-order valence-corrected chi connectivity index (χ3v) is 17.3. The Labute approximate surface area is 471 Å². The minimum absolute atomic E-state index is 0.00135. The number of esters is 1. The second-order valence-electron chi connectivity index (χ2n) is 22.0. The lowest BCUT2D eigenvalue weighted by molar-refractivity contribution is -0.136. The molecule has 23 heteroatoms. The average Bonchev–Trinajstić information content (AvgIpc) is 3.76. The monoisotopic (exact) mass is 1170 g/mol. The molecule has 0 saturated carbocycles. The summed E-state index contributed by atoms with van der Waals surface area (Å²) in [4.78, 5) is 46.7. The Morgan fingerprint density at radius 1 is 0.787 bits per heavy atom. The molecule has 6 heterocycles. The first kappa shape index (κ1) is 57.7. The molecule has 2 amide bonds. The molecule has 16 nitrogen and oxygen atoms in total. The van der Waals surface area contributed by atoms with Crippen molar-refractivity contribution in [2.75, 3.05) is 81.5 Å². The van der Waals surface area contributed by atoms with E-state index in [1.54, 1.807) is 12.1 Å². The van der Waals surface area contributed by atoms with E-state index in [1.165, 1.54) is 5.01 Å². The molecule has 2 N–H and O–H groups in total. The lowest BCUT2D eigenvalue weighted by Gasteiger charge is -2.53. The molecule has 6 aliphatic heterocycles. The molecule has 0 aromatic heterocycles. The van der Waals surface area contributed by atoms with Crippen LogP contribution in [-0.4, -0.2) is 119 Å². The SMILES string of the molecule is CCC1CC(C)(C)N2CCCc3c4c(cc1c32)C1(c2cc3c5c(c2O4)CCCN5C(C)(C)C=C3CS(=O)(=O)O)c2c(Cl)ccc(Cl)c2C(=O)N1NC(=O)CCOCCOCCOCCOCCC(=O)Oc1c(F)c(F)cc(F)c1F. The fourth-order valence-corrected chi connectivity index (χ4v) is 13.8. The zero-order chi connectivity index (χ0) is 57.2. The van der Waals surface area contributed by atoms with Crippen LogP contribution in [0.5, 0.6) is 17.2 Å². The number of carbonyl (C=O) groups is 3. The third-order valence-electron chi connectivity index (χ3n) is 16.0. The number of hydrazine groups is 1. The molecular formula is C57H62Cl2F4N4O12S. The number of ether oxygens (including phenoxy) is 6. The van der Waals surface area contributed by atoms with Gasteiger partial charge in [0.1, 0.15) is 22.8 Å². The summed E-state index contributed by atoms with van der Waals surface area (Å²) in [6, 6.07) is 7.16. The Bertz CT molecular complexity index is 3320. The predicted molar refractivity (Wildman–Crippen MR) is 290 cm³/mol. The zero-order valence-electron chi connectivity index (χ0n) is 44.9. The molecule has 6 aliphatic rings. The first-order valence-electron chi connectivity index (χ1n) is 26.8. The summed E-state index contributed by atoms with van der Waals surface area (Å²) in [5, 5.41) is 1.64. The fraction of sp³-hybridized carbons (Fsp3) is 0.491. The highest BCUT2D eigenvalue weighted by atomic mass is 35.5. The van der Waals surface area contributed by atoms with Crippen molar-refractivity contribution < 1.29 is 73.3 Å². The summed E-state index contributed by atoms with van der Waals surface area (Å²) >= 11 is 14.5. The first-order valence-corrected chi connectivity index (χ1v) is 29.1. The fourth-order valence-electron chi connectivity index (χ4n) is 12.6. The summed E-state index contributed by atoms with van der Waals surface area (Å²) < 4.78 is 125. The van der Waals surface area contributed by atoms with Crippen LogP contribution in [-0.2, 0) is 57.0 Å². The zero-order valence-corrected chi connectivity index (χ0v) is 47.3. The Kier molecular flexibility index (Phi) is 16.1. The van der Waals surface area contributed by atoms with Crippen LogP contribution in [0.2, 0.25) is 10.0 Å². The largest absolute Gasteiger partial charge is 0.456 e. The maximum Gasteiger partial charge on any atom is 0.313 e. The molecular weight excluding hydrogens is 1110 g/mol. The molecule has 0 aliphatic carbocycles. The van der Waals surface area contributed by atoms with E-state index in [4.69, 9.17) is 46.9 Å². The molecule has 2 atom stereocenters. The molecule has 430 valence electrons. The van der Waals surface area contributed by atoms with Gasteiger partial charge in [-0.1, -0.05) is 36.2 Å². The van der Waals surface area contributed by atoms with Gasteiger partial charge in [0, 0.05) is 68.8 Å². The Hall–Kier alpha value is -5.52. The third kappa shape index (κ3) is 10.3. The van der Waals surface area contributed by atoms with Crippen LogP contribution in [0.15, 0.2) is 36.4 Å². The normalized spacial score (nSPS) is 19.9. The van der Waals surface area contributed by atoms with E-state index < -0.39 is 80.2 Å². The van der Waals surface area contributed by atoms with Crippen LogP contribution in [0.3, 0.4) is 0 Å². The number of amides is 2. The van der Waals surface area contributed by atoms with Crippen LogP contribution in [0.1, 0.15) is 128 Å². The molecule has 80 heavy (non-hydrogen) atoms. The minimum Gasteiger partial charge on any atom is -0.456 e. The van der Waals surface area contributed by atoms with Crippen molar-refractivity contribution in [2.24, 2.45) is 0 Å². The molecule has 4 aromatic carbocycles. The first-order chi connectivity index (χ1) is 38.0. The summed E-state index contributed by atoms with van der Waals surface area (Å²) in [5.41, 5.74) is 7.57. The van der Waals surface area contributed by atoms with Gasteiger partial charge in [0.15, 0.2) is 11.6 Å². The molecule has 0 fully saturated rings. The van der Waals surface area contributed by atoms with Crippen molar-refractivity contribution in [3.8, 4) is 17.2 Å². The van der Waals surface area contributed by atoms with Crippen molar-refractivity contribution in [3.05, 3.63) is 114 Å². The summed E-state index contributed by atoms with van der Waals surface area (Å²) in [5.74, 6) is -10.4. The van der Waals surface area contributed by atoms with Gasteiger partial charge in [0.25, 0.3) is 16.0 Å². The number of hydrogen-bond acceptors (Lipinski definition) is 13. The Morgan fingerprint density at radius 2 is 1.35 bits per heavy atom. The van der Waals surface area contributed by atoms with Gasteiger partial charge in [-0.15, -0.1) is 0 Å². The highest BCUT2D eigenvalue weighted by Gasteiger charge is 2.62. The number of rotatable bonds is 20. The molecule has 0 saturated heterocycles. The van der Waals surface area contributed by atoms with E-state index in [-0.39, 0.29) is 92.4 Å². The van der Waals surface area contributed by atoms with Crippen molar-refractivity contribution in [1.82, 2.24) is 10.4 Å². The van der Waals surface area contributed by atoms with E-state index >= 15 is 4.79 Å². The van der Waals surface area contributed by atoms with E-state index in [0.717, 1.165) is 60.3 Å². The number of hydrogen-bond donors (Lipinski definition) is 2. The number of anilines is 2. The summed E-state index contributed by atoms with van der Waals surface area (Å²) in [7, 11) is -4.55. The second-order valence-corrected chi connectivity index (χ2v) is 24.2. The van der Waals surface area contributed by atoms with Crippen LogP contribution in [0.4, 0.5) is 28.9 Å². The molecule has 10 rings (SSSR count). The smallest absolute Gasteiger partial charge is 0.313 e. The van der Waals surface area contributed by atoms with Gasteiger partial charge in [-0.05, 0) is 108 Å². The van der Waals surface area contributed by atoms with Crippen LogP contribution < -0.4 is 24.7 Å². The number of fused-ring (bicyclic) bond motifs is 8. The van der Waals surface area contributed by atoms with E-state index in [1.807, 2.05) is 26.0 Å². The average molecular weight is 1170 g/mol. The molecule has 1 spiro atoms. The molecule has 4 aromatic rings. The second kappa shape index (κ2) is 22.3. The van der Waals surface area contributed by atoms with Gasteiger partial charge in [-0.3, -0.25) is 24.4 Å². The van der Waals surface area contributed by atoms with Gasteiger partial charge >= 0.3 is 5.97 Å². The predicted octanol–water partition coefficient (Wildman–Crippen LogP) is 10.1. The minimum atomic E-state index is -4.55. The molecule has 0 bridgehead atoms. The topological polar surface area (TPSA) is 183 Å². The van der Waals surface area contributed by atoms with Gasteiger partial charge in [-0.25, -0.2) is 13.8 Å². The van der Waals surface area contributed by atoms with Crippen molar-refractivity contribution in [3.63, 3.8) is 0 Å². The maximum absolute atomic E-state index is 15.5. The van der Waals surface area contributed by atoms with Gasteiger partial charge in [0.05, 0.1) is 87.5 Å². The quantitative estimate of drug-likeness (QED) is 0.0213. The van der Waals surface area contributed by atoms with Gasteiger partial charge in [0.2, 0.25) is 23.3 Å². The maximum atomic E-state index is 15.5. The highest BCUT2D eigenvalue weighted by molar-refractivity contribution is 7.86. The summed E-state index contributed by atoms with van der Waals surface area (Å²) in [6.07, 6.45) is 5.66. The van der Waals surface area contributed by atoms with Crippen molar-refractivity contribution in [2.45, 2.75) is 109 Å². The van der Waals surface area contributed by atoms with E-state index in [9.17, 15) is 40.1 Å². The standard InChI is InChI=1S/C57H62Cl2F4N4O12S/c1-6-31-28-55(2,3)65-15-7-9-33-49(65)35(31)25-37-51(33)79-52-34-10-8-16-66-50(34)36(32(29-56(66,4)5)30-80(71,72)73)26-38(52)57(37)46-40(59)12-11-39(58)45(46)54(70)67(57)64-43(68)13-17-74-19-21-76-23-24-77-22-20-75-18-14-44(69)78-53-47(62)41(60)27-42(61)48(53)63/h11-12,25-27,29,31H,6-10,13-24,28,30H2,1-5H3,(H,64,68)(H,71,72,73). The van der Waals surface area contributed by atoms with Crippen LogP contribution in [0.25, 0.3) is 5.57 Å². The van der Waals surface area contributed by atoms with E-state index in [0.29, 0.717) is 58.7 Å². The highest BCUT2D eigenvalue weighted by Crippen LogP contribution is 2.65. The van der Waals surface area contributed by atoms with Crippen molar-refractivity contribution >= 4 is 68.1 Å². The number of carbonyl (C=O) groups excluding carboxylic acids is 3.